The van der Waals surface area contributed by atoms with Gasteiger partial charge in [0.2, 0.25) is 0 Å². The Bertz CT molecular complexity index is 371. The van der Waals surface area contributed by atoms with E-state index in [0.29, 0.717) is 5.16 Å². The second-order valence-electron chi connectivity index (χ2n) is 3.14. The first kappa shape index (κ1) is 13.9. The Morgan fingerprint density at radius 3 is 2.53 bits per heavy atom. The molecule has 2 N–H and O–H groups in total. The Balaban J connectivity index is 2.73. The number of rotatable bonds is 5. The van der Waals surface area contributed by atoms with Crippen molar-refractivity contribution >= 4 is 17.7 Å². The van der Waals surface area contributed by atoms with Crippen molar-refractivity contribution < 1.29 is 19.7 Å². The van der Waals surface area contributed by atoms with E-state index in [1.807, 2.05) is 6.26 Å². The third-order valence-corrected chi connectivity index (χ3v) is 2.58. The molecule has 0 aromatic carbocycles. The molecule has 0 radical (unpaired) electrons. The van der Waals surface area contributed by atoms with Gasteiger partial charge in [0.1, 0.15) is 6.10 Å². The van der Waals surface area contributed by atoms with Crippen LogP contribution >= 0.6 is 11.8 Å². The first-order valence-electron chi connectivity index (χ1n) is 4.98. The molecule has 0 aliphatic rings. The molecule has 0 aliphatic carbocycles. The van der Waals surface area contributed by atoms with E-state index in [0.717, 1.165) is 0 Å². The van der Waals surface area contributed by atoms with Gasteiger partial charge in [0.25, 0.3) is 0 Å². The van der Waals surface area contributed by atoms with E-state index in [-0.39, 0.29) is 12.2 Å². The maximum absolute atomic E-state index is 11.2. The molecule has 0 fully saturated rings. The van der Waals surface area contributed by atoms with E-state index in [9.17, 15) is 15.0 Å². The Hall–Kier alpha value is -1.18. The molecule has 2 atom stereocenters. The highest BCUT2D eigenvalue weighted by atomic mass is 32.2. The third kappa shape index (κ3) is 3.65. The lowest BCUT2D eigenvalue weighted by molar-refractivity contribution is -0.159. The predicted molar refractivity (Wildman–Crippen MR) is 61.4 cm³/mol. The van der Waals surface area contributed by atoms with E-state index in [1.165, 1.54) is 24.2 Å². The van der Waals surface area contributed by atoms with Crippen LogP contribution in [0.5, 0.6) is 0 Å². The maximum atomic E-state index is 11.2. The molecule has 1 rings (SSSR count). The summed E-state index contributed by atoms with van der Waals surface area (Å²) in [7, 11) is 0. The van der Waals surface area contributed by atoms with E-state index >= 15 is 0 Å². The molecule has 0 saturated heterocycles. The van der Waals surface area contributed by atoms with Crippen LogP contribution in [0.1, 0.15) is 18.6 Å². The first-order chi connectivity index (χ1) is 8.10. The van der Waals surface area contributed by atoms with Crippen molar-refractivity contribution in [3.63, 3.8) is 0 Å². The van der Waals surface area contributed by atoms with E-state index in [2.05, 4.69) is 14.7 Å². The smallest absolute Gasteiger partial charge is 0.338 e. The van der Waals surface area contributed by atoms with Crippen molar-refractivity contribution in [2.24, 2.45) is 0 Å². The zero-order chi connectivity index (χ0) is 12.8. The zero-order valence-electron chi connectivity index (χ0n) is 9.53. The fraction of sp³-hybridized carbons (Fsp3) is 0.500. The molecule has 0 spiro atoms. The molecule has 2 unspecified atom stereocenters. The SMILES string of the molecule is CCOC(=O)C(O)C(O)c1cnc(SC)nc1. The highest BCUT2D eigenvalue weighted by Crippen LogP contribution is 2.17. The van der Waals surface area contributed by atoms with Gasteiger partial charge in [-0.3, -0.25) is 0 Å². The molecular weight excluding hydrogens is 244 g/mol. The van der Waals surface area contributed by atoms with E-state index < -0.39 is 18.2 Å². The van der Waals surface area contributed by atoms with Gasteiger partial charge in [-0.25, -0.2) is 14.8 Å². The molecule has 0 saturated carbocycles. The number of thioether (sulfide) groups is 1. The normalized spacial score (nSPS) is 14.1. The topological polar surface area (TPSA) is 92.5 Å². The molecule has 0 aliphatic heterocycles. The molecule has 7 heteroatoms. The van der Waals surface area contributed by atoms with Crippen LogP contribution in [0.2, 0.25) is 0 Å². The highest BCUT2D eigenvalue weighted by Gasteiger charge is 2.27. The molecule has 1 aromatic heterocycles. The van der Waals surface area contributed by atoms with Crippen LogP contribution in [0.25, 0.3) is 0 Å². The molecule has 0 bridgehead atoms. The highest BCUT2D eigenvalue weighted by molar-refractivity contribution is 7.98. The summed E-state index contributed by atoms with van der Waals surface area (Å²) in [5.74, 6) is -0.867. The number of aromatic nitrogens is 2. The molecule has 94 valence electrons. The standard InChI is InChI=1S/C10H14N2O4S/c1-3-16-9(15)8(14)7(13)6-4-11-10(17-2)12-5-6/h4-5,7-8,13-14H,3H2,1-2H3. The molecule has 0 amide bonds. The van der Waals surface area contributed by atoms with Gasteiger partial charge in [-0.2, -0.15) is 0 Å². The van der Waals surface area contributed by atoms with Gasteiger partial charge < -0.3 is 14.9 Å². The van der Waals surface area contributed by atoms with Crippen LogP contribution in [0.3, 0.4) is 0 Å². The van der Waals surface area contributed by atoms with Gasteiger partial charge in [-0.1, -0.05) is 11.8 Å². The molecule has 1 aromatic rings. The van der Waals surface area contributed by atoms with Gasteiger partial charge >= 0.3 is 5.97 Å². The van der Waals surface area contributed by atoms with Crippen molar-refractivity contribution in [3.8, 4) is 0 Å². The van der Waals surface area contributed by atoms with Crippen LogP contribution in [0.4, 0.5) is 0 Å². The summed E-state index contributed by atoms with van der Waals surface area (Å²) < 4.78 is 4.60. The number of hydrogen-bond acceptors (Lipinski definition) is 7. The van der Waals surface area contributed by atoms with Crippen LogP contribution in [-0.4, -0.2) is 45.1 Å². The predicted octanol–water partition coefficient (Wildman–Crippen LogP) is 0.156. The third-order valence-electron chi connectivity index (χ3n) is 2.00. The largest absolute Gasteiger partial charge is 0.464 e. The summed E-state index contributed by atoms with van der Waals surface area (Å²) in [5.41, 5.74) is 0.267. The average molecular weight is 258 g/mol. The summed E-state index contributed by atoms with van der Waals surface area (Å²) >= 11 is 1.35. The summed E-state index contributed by atoms with van der Waals surface area (Å²) in [6.45, 7) is 1.76. The number of ether oxygens (including phenoxy) is 1. The van der Waals surface area contributed by atoms with Crippen molar-refractivity contribution in [2.45, 2.75) is 24.3 Å². The van der Waals surface area contributed by atoms with Crippen LogP contribution in [0.15, 0.2) is 17.6 Å². The van der Waals surface area contributed by atoms with Crippen LogP contribution in [-0.2, 0) is 9.53 Å². The average Bonchev–Trinajstić information content (AvgIpc) is 2.37. The second-order valence-corrected chi connectivity index (χ2v) is 3.92. The molecule has 6 nitrogen and oxygen atoms in total. The number of carbonyl (C=O) groups excluding carboxylic acids is 1. The lowest BCUT2D eigenvalue weighted by Crippen LogP contribution is -2.30. The Labute approximate surface area is 103 Å². The second kappa shape index (κ2) is 6.53. The number of esters is 1. The van der Waals surface area contributed by atoms with Crippen LogP contribution < -0.4 is 0 Å². The molecule has 1 heterocycles. The zero-order valence-corrected chi connectivity index (χ0v) is 10.3. The quantitative estimate of drug-likeness (QED) is 0.441. The van der Waals surface area contributed by atoms with Gasteiger partial charge in [-0.15, -0.1) is 0 Å². The number of hydrogen-bond donors (Lipinski definition) is 2. The summed E-state index contributed by atoms with van der Waals surface area (Å²) in [6.07, 6.45) is 1.54. The van der Waals surface area contributed by atoms with Crippen molar-refractivity contribution in [1.82, 2.24) is 9.97 Å². The number of nitrogens with zero attached hydrogens (tertiary/aromatic N) is 2. The summed E-state index contributed by atoms with van der Waals surface area (Å²) in [4.78, 5) is 19.1. The minimum atomic E-state index is -1.63. The van der Waals surface area contributed by atoms with E-state index in [1.54, 1.807) is 6.92 Å². The minimum Gasteiger partial charge on any atom is -0.464 e. The number of carbonyl (C=O) groups is 1. The van der Waals surface area contributed by atoms with Crippen molar-refractivity contribution in [1.29, 1.82) is 0 Å². The lowest BCUT2D eigenvalue weighted by Gasteiger charge is -2.15. The van der Waals surface area contributed by atoms with Gasteiger partial charge in [-0.05, 0) is 13.2 Å². The van der Waals surface area contributed by atoms with Gasteiger partial charge in [0.15, 0.2) is 11.3 Å². The van der Waals surface area contributed by atoms with Crippen LogP contribution in [0, 0.1) is 0 Å². The van der Waals surface area contributed by atoms with Gasteiger partial charge in [0, 0.05) is 18.0 Å². The van der Waals surface area contributed by atoms with Crippen molar-refractivity contribution in [2.75, 3.05) is 12.9 Å². The molecule has 17 heavy (non-hydrogen) atoms. The Morgan fingerprint density at radius 1 is 1.47 bits per heavy atom. The first-order valence-corrected chi connectivity index (χ1v) is 6.21. The van der Waals surface area contributed by atoms with Crippen molar-refractivity contribution in [3.05, 3.63) is 18.0 Å². The number of aliphatic hydroxyl groups is 2. The lowest BCUT2D eigenvalue weighted by atomic mass is 10.1. The number of aliphatic hydroxyl groups excluding tert-OH is 2. The Kier molecular flexibility index (Phi) is 5.33. The minimum absolute atomic E-state index is 0.143. The summed E-state index contributed by atoms with van der Waals surface area (Å²) in [5, 5.41) is 19.8. The van der Waals surface area contributed by atoms with Gasteiger partial charge in [0.05, 0.1) is 6.61 Å². The molecular formula is C10H14N2O4S. The maximum Gasteiger partial charge on any atom is 0.338 e. The fourth-order valence-electron chi connectivity index (χ4n) is 1.12. The van der Waals surface area contributed by atoms with E-state index in [4.69, 9.17) is 0 Å². The fourth-order valence-corrected chi connectivity index (χ4v) is 1.44. The Morgan fingerprint density at radius 2 is 2.06 bits per heavy atom. The monoisotopic (exact) mass is 258 g/mol. The summed E-state index contributed by atoms with van der Waals surface area (Å²) in [6, 6.07) is 0.